The molecule has 2 saturated heterocycles. The Hall–Kier alpha value is -5.33. The molecule has 0 saturated carbocycles. The van der Waals surface area contributed by atoms with E-state index < -0.39 is 6.04 Å². The number of rotatable bonds is 26. The van der Waals surface area contributed by atoms with Gasteiger partial charge in [-0.1, -0.05) is 54.4 Å². The quantitative estimate of drug-likeness (QED) is 0.0570. The Morgan fingerprint density at radius 1 is 0.833 bits per heavy atom. The van der Waals surface area contributed by atoms with Gasteiger partial charge in [0.1, 0.15) is 29.2 Å². The molecule has 354 valence electrons. The molecule has 3 unspecified atom stereocenters. The van der Waals surface area contributed by atoms with Crippen molar-refractivity contribution < 1.29 is 42.5 Å². The number of carbonyl (C=O) groups excluding carboxylic acids is 4. The number of nitrogens with one attached hydrogen (secondary N) is 4. The van der Waals surface area contributed by atoms with Gasteiger partial charge in [-0.05, 0) is 61.7 Å². The highest BCUT2D eigenvalue weighted by atomic mass is 32.2. The molecule has 3 aromatic carbocycles. The summed E-state index contributed by atoms with van der Waals surface area (Å²) in [6, 6.07) is 22.8. The molecule has 4 aromatic rings. The van der Waals surface area contributed by atoms with Crippen molar-refractivity contribution in [1.29, 1.82) is 0 Å². The Bertz CT molecular complexity index is 2200. The second-order valence-electron chi connectivity index (χ2n) is 16.8. The molecule has 0 aliphatic carbocycles. The van der Waals surface area contributed by atoms with Crippen molar-refractivity contribution in [3.05, 3.63) is 102 Å². The highest BCUT2D eigenvalue weighted by Crippen LogP contribution is 2.40. The number of nitrogens with zero attached hydrogens (tertiary/aromatic N) is 3. The van der Waals surface area contributed by atoms with Crippen molar-refractivity contribution in [3.63, 3.8) is 0 Å². The number of hydrogen-bond donors (Lipinski definition) is 4. The maximum absolute atomic E-state index is 14.2. The first-order valence-corrected chi connectivity index (χ1v) is 24.1. The maximum Gasteiger partial charge on any atom is 0.250 e. The lowest BCUT2D eigenvalue weighted by Crippen LogP contribution is -2.46. The van der Waals surface area contributed by atoms with E-state index >= 15 is 0 Å². The summed E-state index contributed by atoms with van der Waals surface area (Å²) in [5.74, 6) is 2.19. The number of aryl methyl sites for hydroxylation is 1. The van der Waals surface area contributed by atoms with Gasteiger partial charge in [-0.15, -0.1) is 0 Å². The standard InChI is InChI=1S/C49H62FN7O8S/c1-34-11-17-38(18-12-34)52-48-46(36-13-15-37(50)16-14-36)54-42-32-56(21-22-57(42)48)49(61)47(35-7-3-2-4-8-35)55-44(59)19-23-62-25-27-64-29-30-65-28-26-63-24-20-51-43(58)10-6-5-9-41-39-31-45(60)53-40(39)33-66-41/h2-4,7-8,11-18,39-41,47,52H,5-6,9-10,19-33H2,1H3,(H,51,58)(H,53,60)(H,55,59)/t39?,40?,41?,47-/m0/s1. The molecule has 4 heterocycles. The number of imidazole rings is 1. The number of hydrogen-bond acceptors (Lipinski definition) is 11. The SMILES string of the molecule is Cc1ccc(Nc2c(-c3ccc(F)cc3)nc3n2CCN(C(=O)[C@@H](NC(=O)CCOCCOCCOCCOCCNC(=O)CCCCC2SCC4NC(=O)CC42)c2ccccc2)C3)cc1. The van der Waals surface area contributed by atoms with E-state index in [2.05, 4.69) is 25.8 Å². The number of amides is 4. The molecule has 4 amide bonds. The normalized spacial score (nSPS) is 18.1. The molecule has 66 heavy (non-hydrogen) atoms. The summed E-state index contributed by atoms with van der Waals surface area (Å²) in [7, 11) is 0. The van der Waals surface area contributed by atoms with Crippen LogP contribution in [-0.4, -0.2) is 121 Å². The Balaban J connectivity index is 0.748. The van der Waals surface area contributed by atoms with E-state index in [-0.39, 0.29) is 49.0 Å². The lowest BCUT2D eigenvalue weighted by atomic mass is 9.94. The average molecular weight is 928 g/mol. The molecule has 0 spiro atoms. The summed E-state index contributed by atoms with van der Waals surface area (Å²) in [5.41, 5.74) is 4.08. The average Bonchev–Trinajstić information content (AvgIpc) is 4.01. The predicted octanol–water partition coefficient (Wildman–Crippen LogP) is 5.69. The van der Waals surface area contributed by atoms with Gasteiger partial charge in [0.05, 0.1) is 59.4 Å². The van der Waals surface area contributed by atoms with Crippen molar-refractivity contribution in [1.82, 2.24) is 30.4 Å². The van der Waals surface area contributed by atoms with Crippen LogP contribution in [0.15, 0.2) is 78.9 Å². The minimum atomic E-state index is -0.906. The van der Waals surface area contributed by atoms with Gasteiger partial charge in [0.15, 0.2) is 0 Å². The topological polar surface area (TPSA) is 174 Å². The fourth-order valence-corrected chi connectivity index (χ4v) is 10.1. The molecule has 1 aromatic heterocycles. The van der Waals surface area contributed by atoms with E-state index in [4.69, 9.17) is 23.9 Å². The molecule has 3 aliphatic heterocycles. The molecule has 17 heteroatoms. The molecule has 7 rings (SSSR count). The third-order valence-electron chi connectivity index (χ3n) is 12.0. The van der Waals surface area contributed by atoms with Gasteiger partial charge >= 0.3 is 0 Å². The minimum Gasteiger partial charge on any atom is -0.379 e. The number of halogens is 1. The van der Waals surface area contributed by atoms with E-state index in [1.165, 1.54) is 12.1 Å². The molecule has 2 fully saturated rings. The first-order valence-electron chi connectivity index (χ1n) is 23.0. The Morgan fingerprint density at radius 3 is 2.26 bits per heavy atom. The summed E-state index contributed by atoms with van der Waals surface area (Å²) in [4.78, 5) is 57.9. The molecule has 0 radical (unpaired) electrons. The largest absolute Gasteiger partial charge is 0.379 e. The van der Waals surface area contributed by atoms with Crippen LogP contribution in [0, 0.1) is 18.7 Å². The number of anilines is 2. The smallest absolute Gasteiger partial charge is 0.250 e. The third kappa shape index (κ3) is 14.1. The summed E-state index contributed by atoms with van der Waals surface area (Å²) < 4.78 is 38.3. The van der Waals surface area contributed by atoms with Crippen molar-refractivity contribution in [2.75, 3.05) is 77.0 Å². The van der Waals surface area contributed by atoms with Crippen LogP contribution in [0.2, 0.25) is 0 Å². The fraction of sp³-hybridized carbons (Fsp3) is 0.490. The van der Waals surface area contributed by atoms with E-state index in [1.807, 2.05) is 73.3 Å². The lowest BCUT2D eigenvalue weighted by Gasteiger charge is -2.32. The van der Waals surface area contributed by atoms with Gasteiger partial charge in [-0.25, -0.2) is 9.37 Å². The van der Waals surface area contributed by atoms with Gasteiger partial charge in [0.2, 0.25) is 23.6 Å². The van der Waals surface area contributed by atoms with Crippen molar-refractivity contribution in [2.45, 2.75) is 75.9 Å². The van der Waals surface area contributed by atoms with Crippen LogP contribution in [0.3, 0.4) is 0 Å². The lowest BCUT2D eigenvalue weighted by molar-refractivity contribution is -0.138. The maximum atomic E-state index is 14.2. The predicted molar refractivity (Wildman–Crippen MR) is 250 cm³/mol. The van der Waals surface area contributed by atoms with E-state index in [1.54, 1.807) is 17.0 Å². The molecular formula is C49H62FN7O8S. The Morgan fingerprint density at radius 2 is 1.53 bits per heavy atom. The Labute approximate surface area is 390 Å². The number of thioether (sulfide) groups is 1. The summed E-state index contributed by atoms with van der Waals surface area (Å²) >= 11 is 1.95. The second-order valence-corrected chi connectivity index (χ2v) is 18.0. The minimum absolute atomic E-state index is 0.0311. The molecule has 4 atom stereocenters. The summed E-state index contributed by atoms with van der Waals surface area (Å²) in [6.07, 6.45) is 4.09. The molecule has 15 nitrogen and oxygen atoms in total. The number of aromatic nitrogens is 2. The van der Waals surface area contributed by atoms with Crippen LogP contribution >= 0.6 is 11.8 Å². The zero-order valence-electron chi connectivity index (χ0n) is 37.6. The molecule has 3 aliphatic rings. The number of unbranched alkanes of at least 4 members (excludes halogenated alkanes) is 1. The zero-order valence-corrected chi connectivity index (χ0v) is 38.5. The van der Waals surface area contributed by atoms with Crippen LogP contribution in [0.5, 0.6) is 0 Å². The van der Waals surface area contributed by atoms with Crippen LogP contribution < -0.4 is 21.3 Å². The van der Waals surface area contributed by atoms with E-state index in [0.29, 0.717) is 113 Å². The monoisotopic (exact) mass is 927 g/mol. The highest BCUT2D eigenvalue weighted by Gasteiger charge is 2.42. The van der Waals surface area contributed by atoms with Gasteiger partial charge in [0.25, 0.3) is 0 Å². The van der Waals surface area contributed by atoms with Crippen LogP contribution in [0.1, 0.15) is 61.5 Å². The zero-order chi connectivity index (χ0) is 46.1. The third-order valence-corrected chi connectivity index (χ3v) is 13.5. The first-order chi connectivity index (χ1) is 32.2. The van der Waals surface area contributed by atoms with Crippen LogP contribution in [0.25, 0.3) is 11.3 Å². The van der Waals surface area contributed by atoms with E-state index in [0.717, 1.165) is 47.6 Å². The van der Waals surface area contributed by atoms with Crippen LogP contribution in [0.4, 0.5) is 15.9 Å². The summed E-state index contributed by atoms with van der Waals surface area (Å²) in [6.45, 7) is 6.35. The molecule has 0 bridgehead atoms. The molecular weight excluding hydrogens is 866 g/mol. The summed E-state index contributed by atoms with van der Waals surface area (Å²) in [5, 5.41) is 12.9. The molecule has 4 N–H and O–H groups in total. The van der Waals surface area contributed by atoms with Crippen molar-refractivity contribution in [3.8, 4) is 11.3 Å². The second kappa shape index (κ2) is 25.0. The van der Waals surface area contributed by atoms with E-state index in [9.17, 15) is 23.6 Å². The van der Waals surface area contributed by atoms with Gasteiger partial charge in [-0.3, -0.25) is 19.2 Å². The van der Waals surface area contributed by atoms with Crippen molar-refractivity contribution in [2.24, 2.45) is 5.92 Å². The van der Waals surface area contributed by atoms with Crippen LogP contribution in [-0.2, 0) is 51.2 Å². The first kappa shape index (κ1) is 48.6. The number of ether oxygens (including phenoxy) is 4. The van der Waals surface area contributed by atoms with Gasteiger partial charge < -0.3 is 49.7 Å². The van der Waals surface area contributed by atoms with Crippen molar-refractivity contribution >= 4 is 46.9 Å². The van der Waals surface area contributed by atoms with Gasteiger partial charge in [0, 0.05) is 73.1 Å². The van der Waals surface area contributed by atoms with Gasteiger partial charge in [-0.2, -0.15) is 11.8 Å². The fourth-order valence-electron chi connectivity index (χ4n) is 8.42. The number of carbonyl (C=O) groups is 4. The number of benzene rings is 3. The number of fused-ring (bicyclic) bond motifs is 2. The highest BCUT2D eigenvalue weighted by molar-refractivity contribution is 8.00. The Kier molecular flexibility index (Phi) is 18.4.